The summed E-state index contributed by atoms with van der Waals surface area (Å²) in [6.45, 7) is 5.85. The van der Waals surface area contributed by atoms with Crippen molar-refractivity contribution in [1.29, 1.82) is 0 Å². The van der Waals surface area contributed by atoms with Crippen LogP contribution in [0, 0.1) is 6.92 Å². The Morgan fingerprint density at radius 1 is 1.50 bits per heavy atom. The third-order valence-corrected chi connectivity index (χ3v) is 2.48. The third-order valence-electron chi connectivity index (χ3n) is 2.48. The normalized spacial score (nSPS) is 10.3. The van der Waals surface area contributed by atoms with Crippen LogP contribution in [0.2, 0.25) is 0 Å². The van der Waals surface area contributed by atoms with E-state index in [1.807, 2.05) is 6.92 Å². The van der Waals surface area contributed by atoms with Crippen molar-refractivity contribution in [3.8, 4) is 0 Å². The Hall–Kier alpha value is -1.62. The SMILES string of the molecule is CCCCOCCNc1cc(C)ncc1C(=O)O. The maximum Gasteiger partial charge on any atom is 0.339 e. The number of unbranched alkanes of at least 4 members (excludes halogenated alkanes) is 1. The summed E-state index contributed by atoms with van der Waals surface area (Å²) < 4.78 is 5.40. The summed E-state index contributed by atoms with van der Waals surface area (Å²) in [6.07, 6.45) is 3.53. The van der Waals surface area contributed by atoms with Crippen LogP contribution in [0.3, 0.4) is 0 Å². The van der Waals surface area contributed by atoms with Gasteiger partial charge in [-0.3, -0.25) is 4.98 Å². The Morgan fingerprint density at radius 2 is 2.28 bits per heavy atom. The Morgan fingerprint density at radius 3 is 2.94 bits per heavy atom. The van der Waals surface area contributed by atoms with E-state index in [-0.39, 0.29) is 5.56 Å². The number of ether oxygens (including phenoxy) is 1. The highest BCUT2D eigenvalue weighted by molar-refractivity contribution is 5.93. The van der Waals surface area contributed by atoms with Crippen LogP contribution >= 0.6 is 0 Å². The molecule has 0 aliphatic rings. The zero-order valence-electron chi connectivity index (χ0n) is 10.9. The van der Waals surface area contributed by atoms with Gasteiger partial charge in [0.1, 0.15) is 5.56 Å². The van der Waals surface area contributed by atoms with Gasteiger partial charge in [0.2, 0.25) is 0 Å². The molecule has 0 fully saturated rings. The van der Waals surface area contributed by atoms with Gasteiger partial charge in [-0.2, -0.15) is 0 Å². The van der Waals surface area contributed by atoms with Gasteiger partial charge in [-0.25, -0.2) is 4.79 Å². The number of carboxylic acid groups (broad SMARTS) is 1. The van der Waals surface area contributed by atoms with E-state index in [4.69, 9.17) is 9.84 Å². The first-order valence-electron chi connectivity index (χ1n) is 6.16. The average Bonchev–Trinajstić information content (AvgIpc) is 2.33. The topological polar surface area (TPSA) is 71.5 Å². The number of pyridine rings is 1. The van der Waals surface area contributed by atoms with Crippen molar-refractivity contribution in [2.45, 2.75) is 26.7 Å². The number of carbonyl (C=O) groups is 1. The van der Waals surface area contributed by atoms with E-state index in [1.54, 1.807) is 6.07 Å². The molecule has 5 nitrogen and oxygen atoms in total. The van der Waals surface area contributed by atoms with Crippen molar-refractivity contribution in [3.63, 3.8) is 0 Å². The fourth-order valence-electron chi connectivity index (χ4n) is 1.48. The van der Waals surface area contributed by atoms with Crippen molar-refractivity contribution in [2.75, 3.05) is 25.1 Å². The van der Waals surface area contributed by atoms with E-state index in [0.717, 1.165) is 25.1 Å². The van der Waals surface area contributed by atoms with Gasteiger partial charge in [-0.1, -0.05) is 13.3 Å². The number of carboxylic acids is 1. The molecule has 0 radical (unpaired) electrons. The van der Waals surface area contributed by atoms with E-state index in [9.17, 15) is 4.79 Å². The number of nitrogens with one attached hydrogen (secondary N) is 1. The van der Waals surface area contributed by atoms with Crippen molar-refractivity contribution in [2.24, 2.45) is 0 Å². The van der Waals surface area contributed by atoms with Gasteiger partial charge in [0.25, 0.3) is 0 Å². The zero-order chi connectivity index (χ0) is 13.4. The highest BCUT2D eigenvalue weighted by atomic mass is 16.5. The Bertz CT molecular complexity index is 394. The Balaban J connectivity index is 2.45. The first-order valence-corrected chi connectivity index (χ1v) is 6.16. The average molecular weight is 252 g/mol. The molecule has 0 aliphatic heterocycles. The third kappa shape index (κ3) is 4.71. The van der Waals surface area contributed by atoms with Crippen LogP contribution in [0.4, 0.5) is 5.69 Å². The number of aromatic nitrogens is 1. The quantitative estimate of drug-likeness (QED) is 0.695. The second-order valence-electron chi connectivity index (χ2n) is 4.07. The summed E-state index contributed by atoms with van der Waals surface area (Å²) in [5, 5.41) is 12.1. The fraction of sp³-hybridized carbons (Fsp3) is 0.538. The van der Waals surface area contributed by atoms with E-state index >= 15 is 0 Å². The van der Waals surface area contributed by atoms with Crippen LogP contribution in [0.15, 0.2) is 12.3 Å². The number of nitrogens with zero attached hydrogens (tertiary/aromatic N) is 1. The lowest BCUT2D eigenvalue weighted by atomic mass is 10.2. The molecule has 0 spiro atoms. The molecular formula is C13H20N2O3. The van der Waals surface area contributed by atoms with Crippen LogP contribution in [-0.4, -0.2) is 35.8 Å². The van der Waals surface area contributed by atoms with Crippen LogP contribution in [0.1, 0.15) is 35.8 Å². The largest absolute Gasteiger partial charge is 0.478 e. The predicted molar refractivity (Wildman–Crippen MR) is 70.2 cm³/mol. The van der Waals surface area contributed by atoms with Crippen molar-refractivity contribution in [3.05, 3.63) is 23.5 Å². The number of hydrogen-bond donors (Lipinski definition) is 2. The lowest BCUT2D eigenvalue weighted by Gasteiger charge is -2.10. The first-order chi connectivity index (χ1) is 8.65. The number of rotatable bonds is 8. The molecule has 5 heteroatoms. The molecule has 1 aromatic heterocycles. The smallest absolute Gasteiger partial charge is 0.339 e. The maximum absolute atomic E-state index is 11.0. The molecule has 18 heavy (non-hydrogen) atoms. The van der Waals surface area contributed by atoms with Gasteiger partial charge in [0.15, 0.2) is 0 Å². The molecule has 0 saturated heterocycles. The zero-order valence-corrected chi connectivity index (χ0v) is 10.9. The Labute approximate surface area is 107 Å². The van der Waals surface area contributed by atoms with Gasteiger partial charge in [-0.05, 0) is 19.4 Å². The molecule has 1 heterocycles. The molecule has 0 bridgehead atoms. The molecule has 1 aromatic rings. The molecule has 100 valence electrons. The molecule has 0 atom stereocenters. The fourth-order valence-corrected chi connectivity index (χ4v) is 1.48. The number of hydrogen-bond acceptors (Lipinski definition) is 4. The lowest BCUT2D eigenvalue weighted by molar-refractivity contribution is 0.0697. The van der Waals surface area contributed by atoms with Crippen molar-refractivity contribution in [1.82, 2.24) is 4.98 Å². The van der Waals surface area contributed by atoms with Gasteiger partial charge < -0.3 is 15.2 Å². The second kappa shape index (κ2) is 7.66. The van der Waals surface area contributed by atoms with Gasteiger partial charge in [-0.15, -0.1) is 0 Å². The van der Waals surface area contributed by atoms with Crippen LogP contribution in [0.5, 0.6) is 0 Å². The van der Waals surface area contributed by atoms with E-state index in [2.05, 4.69) is 17.2 Å². The summed E-state index contributed by atoms with van der Waals surface area (Å²) in [4.78, 5) is 15.0. The summed E-state index contributed by atoms with van der Waals surface area (Å²) >= 11 is 0. The molecule has 2 N–H and O–H groups in total. The minimum Gasteiger partial charge on any atom is -0.478 e. The molecule has 1 rings (SSSR count). The number of aromatic carboxylic acids is 1. The molecule has 0 aromatic carbocycles. The molecule has 0 amide bonds. The van der Waals surface area contributed by atoms with Gasteiger partial charge in [0, 0.05) is 25.0 Å². The lowest BCUT2D eigenvalue weighted by Crippen LogP contribution is -2.13. The first kappa shape index (κ1) is 14.4. The standard InChI is InChI=1S/C13H20N2O3/c1-3-4-6-18-7-5-14-12-8-10(2)15-9-11(12)13(16)17/h8-9H,3-7H2,1-2H3,(H,14,15)(H,16,17). The minimum absolute atomic E-state index is 0.189. The van der Waals surface area contributed by atoms with E-state index in [1.165, 1.54) is 6.20 Å². The predicted octanol–water partition coefficient (Wildman–Crippen LogP) is 2.32. The minimum atomic E-state index is -0.975. The van der Waals surface area contributed by atoms with Gasteiger partial charge >= 0.3 is 5.97 Å². The van der Waals surface area contributed by atoms with Crippen LogP contribution in [-0.2, 0) is 4.74 Å². The van der Waals surface area contributed by atoms with Crippen LogP contribution < -0.4 is 5.32 Å². The number of aryl methyl sites for hydroxylation is 1. The van der Waals surface area contributed by atoms with Crippen molar-refractivity contribution < 1.29 is 14.6 Å². The molecular weight excluding hydrogens is 232 g/mol. The van der Waals surface area contributed by atoms with Crippen molar-refractivity contribution >= 4 is 11.7 Å². The molecule has 0 saturated carbocycles. The van der Waals surface area contributed by atoms with Crippen LogP contribution in [0.25, 0.3) is 0 Å². The monoisotopic (exact) mass is 252 g/mol. The molecule has 0 unspecified atom stereocenters. The summed E-state index contributed by atoms with van der Waals surface area (Å²) in [5.74, 6) is -0.975. The van der Waals surface area contributed by atoms with E-state index in [0.29, 0.717) is 18.8 Å². The highest BCUT2D eigenvalue weighted by Crippen LogP contribution is 2.15. The highest BCUT2D eigenvalue weighted by Gasteiger charge is 2.10. The second-order valence-corrected chi connectivity index (χ2v) is 4.07. The Kier molecular flexibility index (Phi) is 6.14. The van der Waals surface area contributed by atoms with E-state index < -0.39 is 5.97 Å². The summed E-state index contributed by atoms with van der Waals surface area (Å²) in [7, 11) is 0. The number of anilines is 1. The molecule has 0 aliphatic carbocycles. The maximum atomic E-state index is 11.0. The van der Waals surface area contributed by atoms with Gasteiger partial charge in [0.05, 0.1) is 12.3 Å². The summed E-state index contributed by atoms with van der Waals surface area (Å²) in [6, 6.07) is 1.73. The summed E-state index contributed by atoms with van der Waals surface area (Å²) in [5.41, 5.74) is 1.57.